The van der Waals surface area contributed by atoms with Crippen molar-refractivity contribution < 1.29 is 23.5 Å². The molecule has 3 aromatic rings. The molecular formula is C22H15ClN2O5. The summed E-state index contributed by atoms with van der Waals surface area (Å²) in [6.07, 6.45) is 1.46. The Bertz CT molecular complexity index is 1180. The van der Waals surface area contributed by atoms with E-state index >= 15 is 0 Å². The molecular weight excluding hydrogens is 408 g/mol. The number of rotatable bonds is 4. The number of ether oxygens (including phenoxy) is 1. The first-order chi connectivity index (χ1) is 14.5. The molecule has 1 aliphatic heterocycles. The molecule has 8 heteroatoms. The summed E-state index contributed by atoms with van der Waals surface area (Å²) in [6, 6.07) is 16.0. The van der Waals surface area contributed by atoms with E-state index in [1.807, 2.05) is 0 Å². The molecule has 150 valence electrons. The molecule has 30 heavy (non-hydrogen) atoms. The van der Waals surface area contributed by atoms with Crippen LogP contribution >= 0.6 is 11.6 Å². The van der Waals surface area contributed by atoms with E-state index < -0.39 is 17.9 Å². The monoisotopic (exact) mass is 422 g/mol. The van der Waals surface area contributed by atoms with Crippen LogP contribution in [0.3, 0.4) is 0 Å². The number of hydrogen-bond donors (Lipinski definition) is 1. The van der Waals surface area contributed by atoms with Gasteiger partial charge in [-0.2, -0.15) is 0 Å². The lowest BCUT2D eigenvalue weighted by molar-refractivity contribution is -0.113. The van der Waals surface area contributed by atoms with Gasteiger partial charge in [-0.3, -0.25) is 4.79 Å². The highest BCUT2D eigenvalue weighted by Crippen LogP contribution is 2.27. The van der Waals surface area contributed by atoms with Crippen LogP contribution in [0.1, 0.15) is 16.1 Å². The number of amides is 3. The number of methoxy groups -OCH3 is 1. The number of halogens is 1. The first-order valence-electron chi connectivity index (χ1n) is 8.87. The third-order valence-corrected chi connectivity index (χ3v) is 4.68. The van der Waals surface area contributed by atoms with Gasteiger partial charge in [-0.1, -0.05) is 29.8 Å². The Labute approximate surface area is 176 Å². The van der Waals surface area contributed by atoms with Crippen molar-refractivity contribution in [1.82, 2.24) is 5.32 Å². The van der Waals surface area contributed by atoms with Gasteiger partial charge in [-0.25, -0.2) is 14.5 Å². The van der Waals surface area contributed by atoms with E-state index in [4.69, 9.17) is 16.0 Å². The van der Waals surface area contributed by atoms with Crippen molar-refractivity contribution in [3.63, 3.8) is 0 Å². The predicted octanol–water partition coefficient (Wildman–Crippen LogP) is 4.48. The lowest BCUT2D eigenvalue weighted by Gasteiger charge is -2.11. The molecule has 1 aromatic heterocycles. The van der Waals surface area contributed by atoms with Crippen molar-refractivity contribution in [2.75, 3.05) is 12.0 Å². The van der Waals surface area contributed by atoms with Gasteiger partial charge < -0.3 is 14.5 Å². The van der Waals surface area contributed by atoms with Gasteiger partial charge in [0.05, 0.1) is 18.4 Å². The number of carbonyl (C=O) groups is 3. The van der Waals surface area contributed by atoms with E-state index in [1.165, 1.54) is 19.3 Å². The molecule has 0 spiro atoms. The summed E-state index contributed by atoms with van der Waals surface area (Å²) in [5.74, 6) is -0.00539. The van der Waals surface area contributed by atoms with E-state index in [-0.39, 0.29) is 5.70 Å². The molecule has 1 fully saturated rings. The van der Waals surface area contributed by atoms with Crippen molar-refractivity contribution >= 4 is 41.3 Å². The zero-order valence-corrected chi connectivity index (χ0v) is 16.5. The van der Waals surface area contributed by atoms with Crippen molar-refractivity contribution in [1.29, 1.82) is 0 Å². The summed E-state index contributed by atoms with van der Waals surface area (Å²) < 4.78 is 10.4. The van der Waals surface area contributed by atoms with Crippen molar-refractivity contribution in [2.24, 2.45) is 0 Å². The normalized spacial score (nSPS) is 14.9. The van der Waals surface area contributed by atoms with Crippen LogP contribution in [-0.4, -0.2) is 25.0 Å². The minimum absolute atomic E-state index is 0.0851. The van der Waals surface area contributed by atoms with Crippen molar-refractivity contribution in [2.45, 2.75) is 0 Å². The number of furan rings is 1. The van der Waals surface area contributed by atoms with E-state index in [9.17, 15) is 14.4 Å². The number of nitrogens with one attached hydrogen (secondary N) is 1. The summed E-state index contributed by atoms with van der Waals surface area (Å²) in [7, 11) is 1.32. The second kappa shape index (κ2) is 7.88. The smallest absolute Gasteiger partial charge is 0.337 e. The molecule has 0 bridgehead atoms. The minimum atomic E-state index is -0.571. The third-order valence-electron chi connectivity index (χ3n) is 4.45. The maximum Gasteiger partial charge on any atom is 0.337 e. The first kappa shape index (κ1) is 19.5. The standard InChI is InChI=1S/C22H15ClN2O5/c1-29-21(27)14-7-5-13(6-8-14)19-10-9-17(30-19)12-18-20(26)25(22(28)24-18)16-4-2-3-15(23)11-16/h2-12H,1H3,(H,24,28). The Morgan fingerprint density at radius 3 is 2.57 bits per heavy atom. The fraction of sp³-hybridized carbons (Fsp3) is 0.0455. The summed E-state index contributed by atoms with van der Waals surface area (Å²) in [4.78, 5) is 37.5. The largest absolute Gasteiger partial charge is 0.465 e. The van der Waals surface area contributed by atoms with Crippen LogP contribution in [0.4, 0.5) is 10.5 Å². The topological polar surface area (TPSA) is 88.9 Å². The molecule has 0 unspecified atom stereocenters. The van der Waals surface area contributed by atoms with E-state index in [0.29, 0.717) is 27.8 Å². The second-order valence-electron chi connectivity index (χ2n) is 6.38. The fourth-order valence-electron chi connectivity index (χ4n) is 3.00. The predicted molar refractivity (Wildman–Crippen MR) is 111 cm³/mol. The average molecular weight is 423 g/mol. The first-order valence-corrected chi connectivity index (χ1v) is 9.25. The zero-order valence-electron chi connectivity index (χ0n) is 15.7. The number of carbonyl (C=O) groups excluding carboxylic acids is 3. The maximum absolute atomic E-state index is 12.7. The maximum atomic E-state index is 12.7. The molecule has 2 heterocycles. The van der Waals surface area contributed by atoms with Gasteiger partial charge in [-0.15, -0.1) is 0 Å². The Morgan fingerprint density at radius 2 is 1.87 bits per heavy atom. The molecule has 1 saturated heterocycles. The van der Waals surface area contributed by atoms with E-state index in [1.54, 1.807) is 54.6 Å². The molecule has 0 radical (unpaired) electrons. The molecule has 0 saturated carbocycles. The van der Waals surface area contributed by atoms with Crippen molar-refractivity contribution in [3.05, 3.63) is 82.7 Å². The van der Waals surface area contributed by atoms with Crippen molar-refractivity contribution in [3.8, 4) is 11.3 Å². The molecule has 0 atom stereocenters. The summed E-state index contributed by atoms with van der Waals surface area (Å²) in [6.45, 7) is 0. The van der Waals surface area contributed by atoms with Crippen LogP contribution in [-0.2, 0) is 9.53 Å². The number of benzene rings is 2. The van der Waals surface area contributed by atoms with E-state index in [2.05, 4.69) is 10.1 Å². The van der Waals surface area contributed by atoms with Crippen LogP contribution in [0, 0.1) is 0 Å². The van der Waals surface area contributed by atoms with Crippen LogP contribution in [0.5, 0.6) is 0 Å². The highest BCUT2D eigenvalue weighted by atomic mass is 35.5. The second-order valence-corrected chi connectivity index (χ2v) is 6.82. The van der Waals surface area contributed by atoms with E-state index in [0.717, 1.165) is 10.5 Å². The van der Waals surface area contributed by atoms with Gasteiger partial charge in [0.1, 0.15) is 17.2 Å². The Morgan fingerprint density at radius 1 is 1.10 bits per heavy atom. The van der Waals surface area contributed by atoms with Gasteiger partial charge in [0.15, 0.2) is 0 Å². The van der Waals surface area contributed by atoms with Crippen LogP contribution in [0.15, 0.2) is 70.8 Å². The quantitative estimate of drug-likeness (QED) is 0.380. The molecule has 1 aliphatic rings. The Balaban J connectivity index is 1.56. The zero-order chi connectivity index (χ0) is 21.3. The average Bonchev–Trinajstić information content (AvgIpc) is 3.32. The summed E-state index contributed by atoms with van der Waals surface area (Å²) >= 11 is 5.96. The molecule has 3 amide bonds. The number of anilines is 1. The number of hydrogen-bond acceptors (Lipinski definition) is 5. The Hall–Kier alpha value is -3.84. The minimum Gasteiger partial charge on any atom is -0.465 e. The third kappa shape index (κ3) is 3.70. The lowest BCUT2D eigenvalue weighted by Crippen LogP contribution is -2.30. The molecule has 1 N–H and O–H groups in total. The van der Waals surface area contributed by atoms with Gasteiger partial charge in [0.2, 0.25) is 0 Å². The van der Waals surface area contributed by atoms with Gasteiger partial charge in [0.25, 0.3) is 5.91 Å². The number of nitrogens with zero attached hydrogens (tertiary/aromatic N) is 1. The Kier molecular flexibility index (Phi) is 5.12. The van der Waals surface area contributed by atoms with Crippen LogP contribution < -0.4 is 10.2 Å². The SMILES string of the molecule is COC(=O)c1ccc(-c2ccc(C=C3NC(=O)N(c4cccc(Cl)c4)C3=O)o2)cc1. The fourth-order valence-corrected chi connectivity index (χ4v) is 3.19. The van der Waals surface area contributed by atoms with Gasteiger partial charge >= 0.3 is 12.0 Å². The molecule has 2 aromatic carbocycles. The summed E-state index contributed by atoms with van der Waals surface area (Å²) in [5, 5.41) is 2.96. The number of esters is 1. The highest BCUT2D eigenvalue weighted by molar-refractivity contribution is 6.32. The number of imide groups is 1. The van der Waals surface area contributed by atoms with Gasteiger partial charge in [-0.05, 0) is 42.5 Å². The lowest BCUT2D eigenvalue weighted by atomic mass is 10.1. The highest BCUT2D eigenvalue weighted by Gasteiger charge is 2.35. The molecule has 0 aliphatic carbocycles. The number of urea groups is 1. The van der Waals surface area contributed by atoms with Gasteiger partial charge in [0, 0.05) is 16.7 Å². The van der Waals surface area contributed by atoms with Crippen LogP contribution in [0.2, 0.25) is 5.02 Å². The van der Waals surface area contributed by atoms with Crippen LogP contribution in [0.25, 0.3) is 17.4 Å². The molecule has 4 rings (SSSR count). The molecule has 7 nitrogen and oxygen atoms in total. The summed E-state index contributed by atoms with van der Waals surface area (Å²) in [5.41, 5.74) is 1.63.